The van der Waals surface area contributed by atoms with Crippen molar-refractivity contribution < 1.29 is 0 Å². The molecule has 0 atom stereocenters. The molecule has 0 N–H and O–H groups in total. The average molecular weight is 947 g/mol. The summed E-state index contributed by atoms with van der Waals surface area (Å²) in [4.78, 5) is 16.4. The van der Waals surface area contributed by atoms with E-state index < -0.39 is 5.41 Å². The summed E-state index contributed by atoms with van der Waals surface area (Å²) < 4.78 is 7.24. The molecule has 73 heavy (non-hydrogen) atoms. The SMILES string of the molecule is [C-]#[N+]c1ccc2c(c1)c1ccccc1n2-c1ccc2c(c1)C1(c3cc(-c4ccc5c(c4)c4ccccc4n5-c4ccccc4-n4c5ccccc5c5ccccc54)ccc3S2)c2cccnc2-c2ncccc21. The quantitative estimate of drug-likeness (QED) is 0.165. The highest BCUT2D eigenvalue weighted by Crippen LogP contribution is 2.62. The lowest BCUT2D eigenvalue weighted by atomic mass is 9.67. The molecule has 9 aromatic carbocycles. The molecule has 1 aliphatic carbocycles. The van der Waals surface area contributed by atoms with Crippen molar-refractivity contribution in [3.05, 3.63) is 264 Å². The van der Waals surface area contributed by atoms with Crippen molar-refractivity contribution in [3.63, 3.8) is 0 Å². The first-order valence-electron chi connectivity index (χ1n) is 24.6. The van der Waals surface area contributed by atoms with Crippen LogP contribution in [0.25, 0.3) is 110 Å². The number of hydrogen-bond acceptors (Lipinski definition) is 3. The van der Waals surface area contributed by atoms with Crippen LogP contribution in [0.1, 0.15) is 22.3 Å². The number of aromatic nitrogens is 5. The van der Waals surface area contributed by atoms with E-state index in [1.54, 1.807) is 0 Å². The van der Waals surface area contributed by atoms with Crippen molar-refractivity contribution in [1.82, 2.24) is 23.7 Å². The van der Waals surface area contributed by atoms with Crippen LogP contribution in [0.4, 0.5) is 5.69 Å². The van der Waals surface area contributed by atoms with Gasteiger partial charge in [-0.25, -0.2) is 4.85 Å². The average Bonchev–Trinajstić information content (AvgIpc) is 4.17. The second-order valence-electron chi connectivity index (χ2n) is 19.2. The Bertz CT molecular complexity index is 4660. The highest BCUT2D eigenvalue weighted by Gasteiger charge is 2.52. The zero-order valence-electron chi connectivity index (χ0n) is 39.0. The third-order valence-corrected chi connectivity index (χ3v) is 16.8. The molecule has 0 saturated carbocycles. The van der Waals surface area contributed by atoms with E-state index in [4.69, 9.17) is 16.5 Å². The van der Waals surface area contributed by atoms with Crippen molar-refractivity contribution in [2.24, 2.45) is 0 Å². The molecule has 6 heterocycles. The molecule has 1 aliphatic heterocycles. The molecule has 0 bridgehead atoms. The van der Waals surface area contributed by atoms with Crippen LogP contribution in [-0.4, -0.2) is 23.7 Å². The van der Waals surface area contributed by atoms with Gasteiger partial charge in [0.15, 0.2) is 5.69 Å². The molecule has 2 aliphatic rings. The van der Waals surface area contributed by atoms with Gasteiger partial charge in [-0.2, -0.15) is 0 Å². The zero-order valence-corrected chi connectivity index (χ0v) is 39.8. The summed E-state index contributed by atoms with van der Waals surface area (Å²) >= 11 is 1.83. The molecule has 6 nitrogen and oxygen atoms in total. The summed E-state index contributed by atoms with van der Waals surface area (Å²) in [7, 11) is 0. The third kappa shape index (κ3) is 5.42. The number of nitrogens with zero attached hydrogens (tertiary/aromatic N) is 6. The van der Waals surface area contributed by atoms with Gasteiger partial charge in [-0.1, -0.05) is 127 Å². The molecular weight excluding hydrogens is 909 g/mol. The summed E-state index contributed by atoms with van der Waals surface area (Å²) in [6, 6.07) is 79.4. The van der Waals surface area contributed by atoms with Gasteiger partial charge in [0.05, 0.1) is 67.8 Å². The van der Waals surface area contributed by atoms with Gasteiger partial charge in [-0.15, -0.1) is 0 Å². The Kier molecular flexibility index (Phi) is 8.28. The Labute approximate surface area is 423 Å². The largest absolute Gasteiger partial charge is 0.309 e. The monoisotopic (exact) mass is 946 g/mol. The van der Waals surface area contributed by atoms with Gasteiger partial charge in [0.2, 0.25) is 0 Å². The first-order chi connectivity index (χ1) is 36.2. The minimum Gasteiger partial charge on any atom is -0.309 e. The lowest BCUT2D eigenvalue weighted by Crippen LogP contribution is -2.32. The van der Waals surface area contributed by atoms with Crippen molar-refractivity contribution in [1.29, 1.82) is 0 Å². The summed E-state index contributed by atoms with van der Waals surface area (Å²) in [5.41, 5.74) is 18.8. The predicted octanol–water partition coefficient (Wildman–Crippen LogP) is 16.8. The maximum atomic E-state index is 7.82. The third-order valence-electron chi connectivity index (χ3n) is 15.6. The van der Waals surface area contributed by atoms with Crippen LogP contribution < -0.4 is 0 Å². The van der Waals surface area contributed by atoms with E-state index in [2.05, 4.69) is 225 Å². The minimum absolute atomic E-state index is 0.633. The second-order valence-corrected chi connectivity index (χ2v) is 20.2. The molecule has 0 saturated heterocycles. The molecule has 14 aromatic rings. The van der Waals surface area contributed by atoms with E-state index in [0.29, 0.717) is 5.69 Å². The molecule has 338 valence electrons. The highest BCUT2D eigenvalue weighted by molar-refractivity contribution is 7.99. The molecule has 5 aromatic heterocycles. The molecule has 0 fully saturated rings. The van der Waals surface area contributed by atoms with E-state index in [-0.39, 0.29) is 0 Å². The van der Waals surface area contributed by atoms with Gasteiger partial charge in [-0.3, -0.25) is 9.97 Å². The van der Waals surface area contributed by atoms with Crippen LogP contribution >= 0.6 is 11.8 Å². The first kappa shape index (κ1) is 40.3. The minimum atomic E-state index is -0.720. The number of fused-ring (bicyclic) bond motifs is 18. The van der Waals surface area contributed by atoms with Gasteiger partial charge in [-0.05, 0) is 142 Å². The maximum Gasteiger partial charge on any atom is 0.188 e. The number of pyridine rings is 2. The number of hydrogen-bond donors (Lipinski definition) is 0. The van der Waals surface area contributed by atoms with Crippen molar-refractivity contribution >= 4 is 82.9 Å². The molecule has 0 unspecified atom stereocenters. The highest BCUT2D eigenvalue weighted by atomic mass is 32.2. The van der Waals surface area contributed by atoms with Gasteiger partial charge < -0.3 is 13.7 Å². The standard InChI is InChI=1S/C66H38N6S/c1-67-42-28-31-58-49(38-42)47-17-4-6-20-54(47)70(58)43-29-33-63-53(39-43)66(50-18-12-34-68-64(50)65-51(66)19-13-35-69-65)52-37-41(27-32-62(52)73-63)40-26-30-59-48(36-40)46-16-5-9-23-57(46)72(59)61-25-11-10-24-60(61)71-55-21-7-2-14-44(55)45-15-3-8-22-56(45)71/h2-39H. The topological polar surface area (TPSA) is 44.9 Å². The molecule has 7 heteroatoms. The molecule has 1 spiro atoms. The van der Waals surface area contributed by atoms with E-state index in [0.717, 1.165) is 83.5 Å². The summed E-state index contributed by atoms with van der Waals surface area (Å²) in [5.74, 6) is 0. The Hall–Kier alpha value is -9.48. The number of para-hydroxylation sites is 6. The van der Waals surface area contributed by atoms with Gasteiger partial charge in [0.25, 0.3) is 0 Å². The predicted molar refractivity (Wildman–Crippen MR) is 298 cm³/mol. The van der Waals surface area contributed by atoms with Crippen LogP contribution in [0.3, 0.4) is 0 Å². The Morgan fingerprint density at radius 3 is 1.42 bits per heavy atom. The second kappa shape index (κ2) is 15.0. The fourth-order valence-electron chi connectivity index (χ4n) is 12.7. The Balaban J connectivity index is 0.910. The summed E-state index contributed by atoms with van der Waals surface area (Å²) in [6.45, 7) is 7.82. The Morgan fingerprint density at radius 2 is 0.822 bits per heavy atom. The van der Waals surface area contributed by atoms with E-state index >= 15 is 0 Å². The fraction of sp³-hybridized carbons (Fsp3) is 0.0152. The van der Waals surface area contributed by atoms with Gasteiger partial charge in [0, 0.05) is 54.8 Å². The van der Waals surface area contributed by atoms with Crippen LogP contribution in [-0.2, 0) is 5.41 Å². The van der Waals surface area contributed by atoms with Crippen molar-refractivity contribution in [2.75, 3.05) is 0 Å². The Morgan fingerprint density at radius 1 is 0.370 bits per heavy atom. The lowest BCUT2D eigenvalue weighted by Gasteiger charge is -2.39. The zero-order chi connectivity index (χ0) is 47.9. The van der Waals surface area contributed by atoms with E-state index in [1.165, 1.54) is 53.5 Å². The van der Waals surface area contributed by atoms with Crippen LogP contribution in [0.15, 0.2) is 241 Å². The van der Waals surface area contributed by atoms with Gasteiger partial charge >= 0.3 is 0 Å². The fourth-order valence-corrected chi connectivity index (χ4v) is 13.8. The van der Waals surface area contributed by atoms with Gasteiger partial charge in [0.1, 0.15) is 0 Å². The number of benzene rings is 9. The van der Waals surface area contributed by atoms with E-state index in [1.807, 2.05) is 36.3 Å². The molecular formula is C66H38N6S. The van der Waals surface area contributed by atoms with Crippen molar-refractivity contribution in [3.8, 4) is 39.6 Å². The van der Waals surface area contributed by atoms with Crippen LogP contribution in [0.5, 0.6) is 0 Å². The van der Waals surface area contributed by atoms with Crippen LogP contribution in [0, 0.1) is 6.57 Å². The number of rotatable bonds is 4. The van der Waals surface area contributed by atoms with E-state index in [9.17, 15) is 0 Å². The van der Waals surface area contributed by atoms with Crippen molar-refractivity contribution in [2.45, 2.75) is 15.2 Å². The summed E-state index contributed by atoms with van der Waals surface area (Å²) in [6.07, 6.45) is 3.79. The summed E-state index contributed by atoms with van der Waals surface area (Å²) in [5, 5.41) is 7.07. The lowest BCUT2D eigenvalue weighted by molar-refractivity contribution is 0.718. The normalized spacial score (nSPS) is 13.2. The smallest absolute Gasteiger partial charge is 0.188 e. The maximum absolute atomic E-state index is 7.82. The molecule has 16 rings (SSSR count). The van der Waals surface area contributed by atoms with Crippen LogP contribution in [0.2, 0.25) is 0 Å². The first-order valence-corrected chi connectivity index (χ1v) is 25.4. The molecule has 0 amide bonds. The molecule has 0 radical (unpaired) electrons.